The lowest BCUT2D eigenvalue weighted by molar-refractivity contribution is -0.139. The quantitative estimate of drug-likeness (QED) is 0.775. The molecule has 1 aliphatic heterocycles. The number of halogens is 5. The molecule has 1 saturated heterocycles. The molecule has 25 heavy (non-hydrogen) atoms. The number of rotatable bonds is 4. The number of nitrogens with zero attached hydrogens (tertiary/aromatic N) is 2. The Morgan fingerprint density at radius 1 is 1.24 bits per heavy atom. The van der Waals surface area contributed by atoms with Crippen molar-refractivity contribution in [3.8, 4) is 5.75 Å². The van der Waals surface area contributed by atoms with Gasteiger partial charge in [-0.2, -0.15) is 13.2 Å². The summed E-state index contributed by atoms with van der Waals surface area (Å²) in [6.45, 7) is -0.314. The van der Waals surface area contributed by atoms with Crippen LogP contribution in [-0.2, 0) is 18.4 Å². The minimum absolute atomic E-state index is 0.0722. The molecule has 0 unspecified atom stereocenters. The Balaban J connectivity index is 1.73. The smallest absolute Gasteiger partial charge is 0.418 e. The third-order valence-electron chi connectivity index (χ3n) is 4.19. The van der Waals surface area contributed by atoms with E-state index in [1.807, 2.05) is 0 Å². The lowest BCUT2D eigenvalue weighted by atomic mass is 9.87. The number of benzene rings is 1. The number of ether oxygens (including phenoxy) is 1. The van der Waals surface area contributed by atoms with Crippen molar-refractivity contribution in [2.75, 3.05) is 20.2 Å². The number of aromatic nitrogens is 1. The van der Waals surface area contributed by atoms with Crippen LogP contribution >= 0.6 is 0 Å². The van der Waals surface area contributed by atoms with E-state index < -0.39 is 23.2 Å². The molecule has 1 aliphatic rings. The topological polar surface area (TPSA) is 25.4 Å². The van der Waals surface area contributed by atoms with E-state index in [1.54, 1.807) is 0 Å². The van der Waals surface area contributed by atoms with Gasteiger partial charge >= 0.3 is 6.18 Å². The van der Waals surface area contributed by atoms with Crippen molar-refractivity contribution in [1.82, 2.24) is 9.88 Å². The van der Waals surface area contributed by atoms with Crippen LogP contribution in [0, 0.1) is 5.82 Å². The maximum absolute atomic E-state index is 14.9. The Labute approximate surface area is 141 Å². The summed E-state index contributed by atoms with van der Waals surface area (Å²) in [6, 6.07) is 5.87. The van der Waals surface area contributed by atoms with Crippen LogP contribution in [0.2, 0.25) is 0 Å². The zero-order valence-electron chi connectivity index (χ0n) is 13.3. The van der Waals surface area contributed by atoms with Crippen LogP contribution in [-0.4, -0.2) is 30.1 Å². The summed E-state index contributed by atoms with van der Waals surface area (Å²) in [6.07, 6.45) is -3.23. The standard InChI is InChI=1S/C17H15F5N2O/c1-25-15-7-11(4-5-13(15)18)16(19)9-24(10-16)8-14-12(17(20,21)22)3-2-6-23-14/h2-7H,8-10H2,1H3. The number of methoxy groups -OCH3 is 1. The van der Waals surface area contributed by atoms with E-state index in [2.05, 4.69) is 4.98 Å². The Bertz CT molecular complexity index is 772. The van der Waals surface area contributed by atoms with E-state index in [9.17, 15) is 22.0 Å². The van der Waals surface area contributed by atoms with Crippen LogP contribution in [0.5, 0.6) is 5.75 Å². The Morgan fingerprint density at radius 2 is 1.96 bits per heavy atom. The Hall–Kier alpha value is -2.22. The zero-order chi connectivity index (χ0) is 18.2. The number of likely N-dealkylation sites (tertiary alicyclic amines) is 1. The molecular formula is C17H15F5N2O. The minimum Gasteiger partial charge on any atom is -0.494 e. The number of pyridine rings is 1. The summed E-state index contributed by atoms with van der Waals surface area (Å²) in [5.41, 5.74) is -2.49. The van der Waals surface area contributed by atoms with Gasteiger partial charge in [-0.3, -0.25) is 9.88 Å². The van der Waals surface area contributed by atoms with E-state index >= 15 is 0 Å². The van der Waals surface area contributed by atoms with Crippen LogP contribution in [0.15, 0.2) is 36.5 Å². The molecule has 1 fully saturated rings. The lowest BCUT2D eigenvalue weighted by Gasteiger charge is -2.44. The van der Waals surface area contributed by atoms with Gasteiger partial charge in [-0.15, -0.1) is 0 Å². The summed E-state index contributed by atoms with van der Waals surface area (Å²) in [4.78, 5) is 5.29. The van der Waals surface area contributed by atoms with E-state index in [1.165, 1.54) is 36.4 Å². The molecule has 0 aliphatic carbocycles. The molecule has 0 saturated carbocycles. The van der Waals surface area contributed by atoms with Crippen LogP contribution in [0.1, 0.15) is 16.8 Å². The SMILES string of the molecule is COc1cc(C2(F)CN(Cc3ncccc3C(F)(F)F)C2)ccc1F. The molecule has 3 nitrogen and oxygen atoms in total. The van der Waals surface area contributed by atoms with Crippen LogP contribution in [0.4, 0.5) is 22.0 Å². The summed E-state index contributed by atoms with van der Waals surface area (Å²) in [5.74, 6) is -0.675. The van der Waals surface area contributed by atoms with Gasteiger partial charge in [0.15, 0.2) is 17.2 Å². The third-order valence-corrected chi connectivity index (χ3v) is 4.19. The molecular weight excluding hydrogens is 343 g/mol. The molecule has 134 valence electrons. The Morgan fingerprint density at radius 3 is 2.60 bits per heavy atom. The normalized spacial score (nSPS) is 17.2. The second kappa shape index (κ2) is 6.25. The molecule has 3 rings (SSSR count). The van der Waals surface area contributed by atoms with E-state index in [0.29, 0.717) is 0 Å². The zero-order valence-corrected chi connectivity index (χ0v) is 13.3. The molecule has 0 amide bonds. The van der Waals surface area contributed by atoms with Gasteiger partial charge < -0.3 is 4.74 Å². The highest BCUT2D eigenvalue weighted by Crippen LogP contribution is 2.39. The molecule has 0 N–H and O–H groups in total. The molecule has 2 heterocycles. The summed E-state index contributed by atoms with van der Waals surface area (Å²) in [7, 11) is 1.28. The maximum Gasteiger partial charge on any atom is 0.418 e. The molecule has 0 bridgehead atoms. The summed E-state index contributed by atoms with van der Waals surface area (Å²) < 4.78 is 72.1. The first-order valence-corrected chi connectivity index (χ1v) is 7.49. The van der Waals surface area contributed by atoms with Gasteiger partial charge in [0.25, 0.3) is 0 Å². The van der Waals surface area contributed by atoms with E-state index in [0.717, 1.165) is 12.1 Å². The van der Waals surface area contributed by atoms with Crippen molar-refractivity contribution in [3.63, 3.8) is 0 Å². The number of hydrogen-bond donors (Lipinski definition) is 0. The number of hydrogen-bond acceptors (Lipinski definition) is 3. The van der Waals surface area contributed by atoms with Crippen molar-refractivity contribution in [1.29, 1.82) is 0 Å². The first-order chi connectivity index (χ1) is 11.7. The second-order valence-electron chi connectivity index (χ2n) is 5.96. The maximum atomic E-state index is 14.9. The van der Waals surface area contributed by atoms with Crippen LogP contribution in [0.25, 0.3) is 0 Å². The molecule has 2 aromatic rings. The molecule has 0 radical (unpaired) electrons. The first kappa shape index (κ1) is 17.6. The summed E-state index contributed by atoms with van der Waals surface area (Å²) >= 11 is 0. The first-order valence-electron chi connectivity index (χ1n) is 7.49. The monoisotopic (exact) mass is 358 g/mol. The van der Waals surface area contributed by atoms with Gasteiger partial charge in [-0.25, -0.2) is 8.78 Å². The lowest BCUT2D eigenvalue weighted by Crippen LogP contribution is -2.56. The van der Waals surface area contributed by atoms with Crippen molar-refractivity contribution in [2.24, 2.45) is 0 Å². The predicted octanol–water partition coefficient (Wildman–Crippen LogP) is 3.93. The molecule has 8 heteroatoms. The highest BCUT2D eigenvalue weighted by molar-refractivity contribution is 5.36. The van der Waals surface area contributed by atoms with E-state index in [-0.39, 0.29) is 36.6 Å². The number of alkyl halides is 4. The average molecular weight is 358 g/mol. The second-order valence-corrected chi connectivity index (χ2v) is 5.96. The molecule has 0 atom stereocenters. The van der Waals surface area contributed by atoms with Crippen molar-refractivity contribution in [2.45, 2.75) is 18.4 Å². The fraction of sp³-hybridized carbons (Fsp3) is 0.353. The van der Waals surface area contributed by atoms with Crippen molar-refractivity contribution < 1.29 is 26.7 Å². The fourth-order valence-corrected chi connectivity index (χ4v) is 2.93. The Kier molecular flexibility index (Phi) is 4.40. The summed E-state index contributed by atoms with van der Waals surface area (Å²) in [5, 5.41) is 0. The van der Waals surface area contributed by atoms with E-state index in [4.69, 9.17) is 4.74 Å². The largest absolute Gasteiger partial charge is 0.494 e. The molecule has 0 spiro atoms. The van der Waals surface area contributed by atoms with Gasteiger partial charge in [0.05, 0.1) is 18.4 Å². The molecule has 1 aromatic carbocycles. The van der Waals surface area contributed by atoms with Crippen molar-refractivity contribution in [3.05, 3.63) is 59.2 Å². The van der Waals surface area contributed by atoms with Gasteiger partial charge in [-0.1, -0.05) is 6.07 Å². The highest BCUT2D eigenvalue weighted by atomic mass is 19.4. The van der Waals surface area contributed by atoms with Crippen LogP contribution in [0.3, 0.4) is 0 Å². The van der Waals surface area contributed by atoms with Gasteiger partial charge in [0, 0.05) is 25.8 Å². The van der Waals surface area contributed by atoms with Gasteiger partial charge in [-0.05, 0) is 29.8 Å². The average Bonchev–Trinajstić information content (AvgIpc) is 2.53. The minimum atomic E-state index is -4.51. The van der Waals surface area contributed by atoms with Gasteiger partial charge in [0.2, 0.25) is 0 Å². The highest BCUT2D eigenvalue weighted by Gasteiger charge is 2.46. The van der Waals surface area contributed by atoms with Gasteiger partial charge in [0.1, 0.15) is 0 Å². The van der Waals surface area contributed by atoms with Crippen LogP contribution < -0.4 is 4.74 Å². The predicted molar refractivity (Wildman–Crippen MR) is 80.3 cm³/mol. The van der Waals surface area contributed by atoms with Crippen molar-refractivity contribution >= 4 is 0 Å². The molecule has 1 aromatic heterocycles. The third kappa shape index (κ3) is 3.44. The fourth-order valence-electron chi connectivity index (χ4n) is 2.93.